The molecule has 106 valence electrons. The molecule has 1 fully saturated rings. The minimum absolute atomic E-state index is 0.429. The van der Waals surface area contributed by atoms with Gasteiger partial charge in [0.05, 0.1) is 0 Å². The molecule has 1 atom stereocenters. The van der Waals surface area contributed by atoms with Crippen molar-refractivity contribution in [3.05, 3.63) is 12.2 Å². The number of allylic oxidation sites excluding steroid dienone is 2. The number of likely N-dealkylation sites (tertiary alicyclic amines) is 1. The van der Waals surface area contributed by atoms with Gasteiger partial charge in [-0.3, -0.25) is 0 Å². The fraction of sp³-hybridized carbons (Fsp3) is 0.882. The molecule has 0 aromatic heterocycles. The second kappa shape index (κ2) is 7.33. The normalized spacial score (nSPS) is 22.8. The monoisotopic (exact) mass is 251 g/mol. The summed E-state index contributed by atoms with van der Waals surface area (Å²) in [6.45, 7) is 15.5. The van der Waals surface area contributed by atoms with Crippen molar-refractivity contribution in [2.75, 3.05) is 19.6 Å². The number of rotatable bonds is 6. The molecule has 1 saturated heterocycles. The Kier molecular flexibility index (Phi) is 6.42. The van der Waals surface area contributed by atoms with Crippen molar-refractivity contribution in [2.45, 2.75) is 60.3 Å². The van der Waals surface area contributed by atoms with Gasteiger partial charge < -0.3 is 4.90 Å². The van der Waals surface area contributed by atoms with Crippen molar-refractivity contribution >= 4 is 0 Å². The molecule has 0 aromatic rings. The third-order valence-corrected chi connectivity index (χ3v) is 4.85. The van der Waals surface area contributed by atoms with Gasteiger partial charge in [0.25, 0.3) is 0 Å². The van der Waals surface area contributed by atoms with Crippen LogP contribution in [0.2, 0.25) is 0 Å². The molecule has 0 spiro atoms. The van der Waals surface area contributed by atoms with Crippen molar-refractivity contribution in [3.8, 4) is 0 Å². The Hall–Kier alpha value is -0.300. The first-order chi connectivity index (χ1) is 8.51. The van der Waals surface area contributed by atoms with Crippen LogP contribution >= 0.6 is 0 Å². The maximum atomic E-state index is 2.67. The molecular weight excluding hydrogens is 218 g/mol. The minimum atomic E-state index is 0.429. The van der Waals surface area contributed by atoms with Gasteiger partial charge in [0, 0.05) is 0 Å². The molecule has 1 aliphatic heterocycles. The fourth-order valence-corrected chi connectivity index (χ4v) is 3.18. The predicted octanol–water partition coefficient (Wildman–Crippen LogP) is 4.74. The van der Waals surface area contributed by atoms with Gasteiger partial charge in [-0.05, 0) is 69.5 Å². The summed E-state index contributed by atoms with van der Waals surface area (Å²) in [5.74, 6) is 1.72. The van der Waals surface area contributed by atoms with E-state index >= 15 is 0 Å². The molecule has 1 rings (SSSR count). The van der Waals surface area contributed by atoms with Gasteiger partial charge in [0.15, 0.2) is 0 Å². The highest BCUT2D eigenvalue weighted by Gasteiger charge is 2.32. The van der Waals surface area contributed by atoms with Gasteiger partial charge in [0.2, 0.25) is 0 Å². The Bertz CT molecular complexity index is 248. The van der Waals surface area contributed by atoms with E-state index in [0.29, 0.717) is 5.41 Å². The highest BCUT2D eigenvalue weighted by molar-refractivity contribution is 5.00. The Morgan fingerprint density at radius 1 is 1.28 bits per heavy atom. The fourth-order valence-electron chi connectivity index (χ4n) is 3.18. The molecule has 0 saturated carbocycles. The zero-order valence-electron chi connectivity index (χ0n) is 13.2. The van der Waals surface area contributed by atoms with E-state index in [1.807, 2.05) is 0 Å². The Morgan fingerprint density at radius 3 is 2.33 bits per heavy atom. The van der Waals surface area contributed by atoms with Crippen molar-refractivity contribution in [2.24, 2.45) is 17.3 Å². The Labute approximate surface area is 115 Å². The van der Waals surface area contributed by atoms with Gasteiger partial charge in [-0.25, -0.2) is 0 Å². The van der Waals surface area contributed by atoms with E-state index in [-0.39, 0.29) is 0 Å². The van der Waals surface area contributed by atoms with Crippen LogP contribution in [-0.4, -0.2) is 24.5 Å². The second-order valence-corrected chi connectivity index (χ2v) is 6.66. The summed E-state index contributed by atoms with van der Waals surface area (Å²) in [5, 5.41) is 0. The third kappa shape index (κ3) is 4.42. The third-order valence-electron chi connectivity index (χ3n) is 4.85. The molecule has 1 nitrogen and oxygen atoms in total. The average Bonchev–Trinajstić information content (AvgIpc) is 2.37. The number of nitrogens with zero attached hydrogens (tertiary/aromatic N) is 1. The lowest BCUT2D eigenvalue weighted by Gasteiger charge is -2.41. The first-order valence-electron chi connectivity index (χ1n) is 7.88. The average molecular weight is 251 g/mol. The quantitative estimate of drug-likeness (QED) is 0.616. The molecule has 0 aliphatic carbocycles. The van der Waals surface area contributed by atoms with Crippen LogP contribution in [0.15, 0.2) is 12.2 Å². The first-order valence-corrected chi connectivity index (χ1v) is 7.88. The van der Waals surface area contributed by atoms with Crippen LogP contribution in [0.4, 0.5) is 0 Å². The van der Waals surface area contributed by atoms with Crippen molar-refractivity contribution in [1.82, 2.24) is 4.90 Å². The van der Waals surface area contributed by atoms with Crippen LogP contribution in [0, 0.1) is 17.3 Å². The van der Waals surface area contributed by atoms with Crippen LogP contribution in [0.1, 0.15) is 60.3 Å². The zero-order chi connectivity index (χ0) is 13.6. The molecule has 1 unspecified atom stereocenters. The molecule has 0 aromatic carbocycles. The van der Waals surface area contributed by atoms with Gasteiger partial charge >= 0.3 is 0 Å². The smallest absolute Gasteiger partial charge is 0.00158 e. The molecule has 0 radical (unpaired) electrons. The standard InChI is InChI=1S/C17H33N/c1-6-11-17(5,7-2)16-9-13-18(14-10-16)12-8-15(3)4/h6,11,15-16H,7-10,12-14H2,1-5H3/b11-6-. The summed E-state index contributed by atoms with van der Waals surface area (Å²) in [5.41, 5.74) is 0.429. The lowest BCUT2D eigenvalue weighted by molar-refractivity contribution is 0.112. The van der Waals surface area contributed by atoms with Crippen molar-refractivity contribution in [3.63, 3.8) is 0 Å². The minimum Gasteiger partial charge on any atom is -0.303 e. The molecule has 0 amide bonds. The van der Waals surface area contributed by atoms with E-state index in [4.69, 9.17) is 0 Å². The molecular formula is C17H33N. The zero-order valence-corrected chi connectivity index (χ0v) is 13.2. The van der Waals surface area contributed by atoms with Gasteiger partial charge in [-0.2, -0.15) is 0 Å². The molecule has 1 aliphatic rings. The predicted molar refractivity (Wildman–Crippen MR) is 81.8 cm³/mol. The van der Waals surface area contributed by atoms with Gasteiger partial charge in [-0.15, -0.1) is 0 Å². The molecule has 1 heterocycles. The summed E-state index contributed by atoms with van der Waals surface area (Å²) in [6.07, 6.45) is 10.1. The van der Waals surface area contributed by atoms with Crippen molar-refractivity contribution in [1.29, 1.82) is 0 Å². The Morgan fingerprint density at radius 2 is 1.89 bits per heavy atom. The summed E-state index contributed by atoms with van der Waals surface area (Å²) in [4.78, 5) is 2.67. The van der Waals surface area contributed by atoms with E-state index in [2.05, 4.69) is 51.7 Å². The maximum absolute atomic E-state index is 2.67. The molecule has 1 heteroatoms. The first kappa shape index (κ1) is 15.8. The van der Waals surface area contributed by atoms with E-state index in [1.165, 1.54) is 45.3 Å². The highest BCUT2D eigenvalue weighted by atomic mass is 15.1. The molecule has 0 N–H and O–H groups in total. The lowest BCUT2D eigenvalue weighted by Crippen LogP contribution is -2.39. The SMILES string of the molecule is C/C=C\C(C)(CC)C1CCN(CCC(C)C)CC1. The van der Waals surface area contributed by atoms with Crippen LogP contribution < -0.4 is 0 Å². The summed E-state index contributed by atoms with van der Waals surface area (Å²) < 4.78 is 0. The largest absolute Gasteiger partial charge is 0.303 e. The Balaban J connectivity index is 2.43. The van der Waals surface area contributed by atoms with E-state index in [1.54, 1.807) is 0 Å². The van der Waals surface area contributed by atoms with Gasteiger partial charge in [0.1, 0.15) is 0 Å². The molecule has 0 bridgehead atoms. The van der Waals surface area contributed by atoms with Crippen LogP contribution in [0.3, 0.4) is 0 Å². The number of hydrogen-bond acceptors (Lipinski definition) is 1. The second-order valence-electron chi connectivity index (χ2n) is 6.66. The lowest BCUT2D eigenvalue weighted by atomic mass is 9.70. The van der Waals surface area contributed by atoms with Crippen LogP contribution in [0.5, 0.6) is 0 Å². The van der Waals surface area contributed by atoms with Crippen molar-refractivity contribution < 1.29 is 0 Å². The number of piperidine rings is 1. The van der Waals surface area contributed by atoms with E-state index < -0.39 is 0 Å². The summed E-state index contributed by atoms with van der Waals surface area (Å²) >= 11 is 0. The van der Waals surface area contributed by atoms with E-state index in [0.717, 1.165) is 11.8 Å². The van der Waals surface area contributed by atoms with E-state index in [9.17, 15) is 0 Å². The highest BCUT2D eigenvalue weighted by Crippen LogP contribution is 2.39. The summed E-state index contributed by atoms with van der Waals surface area (Å²) in [6, 6.07) is 0. The topological polar surface area (TPSA) is 3.24 Å². The maximum Gasteiger partial charge on any atom is -0.00158 e. The van der Waals surface area contributed by atoms with Crippen LogP contribution in [0.25, 0.3) is 0 Å². The van der Waals surface area contributed by atoms with Crippen LogP contribution in [-0.2, 0) is 0 Å². The van der Waals surface area contributed by atoms with Gasteiger partial charge in [-0.1, -0.05) is 39.8 Å². The molecule has 18 heavy (non-hydrogen) atoms. The summed E-state index contributed by atoms with van der Waals surface area (Å²) in [7, 11) is 0. The number of hydrogen-bond donors (Lipinski definition) is 0.